The summed E-state index contributed by atoms with van der Waals surface area (Å²) in [7, 11) is 0. The average molecular weight is 435 g/mol. The summed E-state index contributed by atoms with van der Waals surface area (Å²) in [4.78, 5) is 28.1. The van der Waals surface area contributed by atoms with Crippen LogP contribution in [0.2, 0.25) is 5.02 Å². The van der Waals surface area contributed by atoms with Crippen LogP contribution in [0.3, 0.4) is 0 Å². The van der Waals surface area contributed by atoms with Crippen molar-refractivity contribution in [2.45, 2.75) is 19.3 Å². The third kappa shape index (κ3) is 3.72. The van der Waals surface area contributed by atoms with Gasteiger partial charge in [0, 0.05) is 34.6 Å². The van der Waals surface area contributed by atoms with Crippen molar-refractivity contribution >= 4 is 28.6 Å². The number of halogens is 1. The average Bonchev–Trinajstić information content (AvgIpc) is 3.16. The summed E-state index contributed by atoms with van der Waals surface area (Å²) in [5, 5.41) is 10.0. The fraction of sp³-hybridized carbons (Fsp3) is 0.217. The van der Waals surface area contributed by atoms with Crippen LogP contribution in [0.5, 0.6) is 5.88 Å². The van der Waals surface area contributed by atoms with Gasteiger partial charge in [-0.1, -0.05) is 18.0 Å². The Morgan fingerprint density at radius 1 is 1.10 bits per heavy atom. The lowest BCUT2D eigenvalue weighted by molar-refractivity contribution is -0.157. The van der Waals surface area contributed by atoms with Crippen molar-refractivity contribution in [2.75, 3.05) is 6.61 Å². The van der Waals surface area contributed by atoms with Gasteiger partial charge in [0.15, 0.2) is 0 Å². The molecule has 1 aliphatic carbocycles. The first-order chi connectivity index (χ1) is 15.0. The van der Waals surface area contributed by atoms with Crippen molar-refractivity contribution in [3.05, 3.63) is 59.9 Å². The minimum Gasteiger partial charge on any atom is -0.481 e. The highest BCUT2D eigenvalue weighted by Gasteiger charge is 2.45. The minimum atomic E-state index is -0.799. The summed E-state index contributed by atoms with van der Waals surface area (Å²) in [6, 6.07) is 13.0. The van der Waals surface area contributed by atoms with E-state index in [1.807, 2.05) is 36.4 Å². The molecule has 0 saturated heterocycles. The molecule has 0 atom stereocenters. The molecular weight excluding hydrogens is 416 g/mol. The maximum atomic E-state index is 11.4. The SMILES string of the molecule is O=C(O)C1(COc2ccc(-c3ccc(-c4nc5ccc(Cl)cc5[nH]4)cn3)cn2)CCC1. The summed E-state index contributed by atoms with van der Waals surface area (Å²) in [5.41, 5.74) is 3.42. The Bertz CT molecular complexity index is 1250. The molecule has 31 heavy (non-hydrogen) atoms. The van der Waals surface area contributed by atoms with E-state index in [4.69, 9.17) is 16.3 Å². The summed E-state index contributed by atoms with van der Waals surface area (Å²) in [6.07, 6.45) is 5.65. The van der Waals surface area contributed by atoms with Gasteiger partial charge in [-0.05, 0) is 49.2 Å². The van der Waals surface area contributed by atoms with E-state index in [9.17, 15) is 9.90 Å². The van der Waals surface area contributed by atoms with Gasteiger partial charge in [-0.15, -0.1) is 0 Å². The number of H-pyrrole nitrogens is 1. The highest BCUT2D eigenvalue weighted by Crippen LogP contribution is 2.41. The smallest absolute Gasteiger partial charge is 0.313 e. The van der Waals surface area contributed by atoms with Crippen LogP contribution in [0.15, 0.2) is 54.9 Å². The molecule has 3 heterocycles. The second kappa shape index (κ2) is 7.67. The number of hydrogen-bond donors (Lipinski definition) is 2. The molecular formula is C23H19ClN4O3. The van der Waals surface area contributed by atoms with Gasteiger partial charge >= 0.3 is 5.97 Å². The molecule has 156 valence electrons. The van der Waals surface area contributed by atoms with E-state index in [2.05, 4.69) is 19.9 Å². The molecule has 0 amide bonds. The number of nitrogens with one attached hydrogen (secondary N) is 1. The number of hydrogen-bond acceptors (Lipinski definition) is 5. The normalized spacial score (nSPS) is 14.9. The van der Waals surface area contributed by atoms with Gasteiger partial charge in [0.05, 0.1) is 16.7 Å². The first-order valence-electron chi connectivity index (χ1n) is 9.97. The molecule has 2 N–H and O–H groups in total. The second-order valence-corrected chi connectivity index (χ2v) is 8.23. The van der Waals surface area contributed by atoms with E-state index < -0.39 is 11.4 Å². The van der Waals surface area contributed by atoms with Gasteiger partial charge in [0.2, 0.25) is 5.88 Å². The number of fused-ring (bicyclic) bond motifs is 1. The van der Waals surface area contributed by atoms with Crippen molar-refractivity contribution in [3.63, 3.8) is 0 Å². The van der Waals surface area contributed by atoms with Crippen molar-refractivity contribution in [3.8, 4) is 28.5 Å². The number of carbonyl (C=O) groups is 1. The molecule has 0 spiro atoms. The Morgan fingerprint density at radius 2 is 1.90 bits per heavy atom. The maximum Gasteiger partial charge on any atom is 0.313 e. The van der Waals surface area contributed by atoms with E-state index in [0.29, 0.717) is 23.7 Å². The number of aromatic amines is 1. The number of carboxylic acids is 1. The number of carboxylic acid groups (broad SMARTS) is 1. The third-order valence-electron chi connectivity index (χ3n) is 5.77. The maximum absolute atomic E-state index is 11.4. The summed E-state index contributed by atoms with van der Waals surface area (Å²) in [6.45, 7) is 0.143. The molecule has 5 rings (SSSR count). The minimum absolute atomic E-state index is 0.143. The van der Waals surface area contributed by atoms with Crippen LogP contribution in [-0.2, 0) is 4.79 Å². The van der Waals surface area contributed by atoms with Crippen LogP contribution < -0.4 is 4.74 Å². The fourth-order valence-electron chi connectivity index (χ4n) is 3.68. The first kappa shape index (κ1) is 19.5. The number of aromatic nitrogens is 4. The molecule has 0 bridgehead atoms. The molecule has 0 aliphatic heterocycles. The van der Waals surface area contributed by atoms with Crippen LogP contribution in [0, 0.1) is 5.41 Å². The van der Waals surface area contributed by atoms with Gasteiger partial charge < -0.3 is 14.8 Å². The topological polar surface area (TPSA) is 101 Å². The van der Waals surface area contributed by atoms with Gasteiger partial charge in [-0.25, -0.2) is 9.97 Å². The standard InChI is InChI=1S/C23H19ClN4O3/c24-16-4-6-18-19(10-16)28-21(27-18)15-2-5-17(25-12-15)14-3-7-20(26-11-14)31-13-23(22(29)30)8-1-9-23/h2-7,10-12H,1,8-9,13H2,(H,27,28)(H,29,30). The Hall–Kier alpha value is -3.45. The first-order valence-corrected chi connectivity index (χ1v) is 10.3. The number of pyridine rings is 2. The van der Waals surface area contributed by atoms with Crippen molar-refractivity contribution in [1.82, 2.24) is 19.9 Å². The van der Waals surface area contributed by atoms with Crippen LogP contribution in [0.1, 0.15) is 19.3 Å². The fourth-order valence-corrected chi connectivity index (χ4v) is 3.85. The third-order valence-corrected chi connectivity index (χ3v) is 6.01. The zero-order chi connectivity index (χ0) is 21.4. The quantitative estimate of drug-likeness (QED) is 0.444. The number of rotatable bonds is 6. The number of imidazole rings is 1. The Morgan fingerprint density at radius 3 is 2.55 bits per heavy atom. The number of benzene rings is 1. The van der Waals surface area contributed by atoms with Crippen LogP contribution in [0.25, 0.3) is 33.7 Å². The number of nitrogens with zero attached hydrogens (tertiary/aromatic N) is 3. The summed E-state index contributed by atoms with van der Waals surface area (Å²) >= 11 is 6.04. The lowest BCUT2D eigenvalue weighted by atomic mass is 9.69. The Balaban J connectivity index is 1.29. The number of aliphatic carboxylic acids is 1. The molecule has 7 nitrogen and oxygen atoms in total. The van der Waals surface area contributed by atoms with Crippen LogP contribution >= 0.6 is 11.6 Å². The predicted octanol–water partition coefficient (Wildman–Crippen LogP) is 4.97. The second-order valence-electron chi connectivity index (χ2n) is 7.79. The molecule has 8 heteroatoms. The number of ether oxygens (including phenoxy) is 1. The molecule has 1 fully saturated rings. The van der Waals surface area contributed by atoms with E-state index in [0.717, 1.165) is 40.1 Å². The lowest BCUT2D eigenvalue weighted by Crippen LogP contribution is -2.43. The molecule has 0 radical (unpaired) electrons. The van der Waals surface area contributed by atoms with E-state index in [-0.39, 0.29) is 6.61 Å². The summed E-state index contributed by atoms with van der Waals surface area (Å²) < 4.78 is 5.65. The zero-order valence-corrected chi connectivity index (χ0v) is 17.3. The monoisotopic (exact) mass is 434 g/mol. The predicted molar refractivity (Wildman–Crippen MR) is 117 cm³/mol. The molecule has 0 unspecified atom stereocenters. The molecule has 1 aromatic carbocycles. The Kier molecular flexibility index (Phi) is 4.82. The van der Waals surface area contributed by atoms with Gasteiger partial charge in [0.25, 0.3) is 0 Å². The largest absolute Gasteiger partial charge is 0.481 e. The van der Waals surface area contributed by atoms with Crippen LogP contribution in [0.4, 0.5) is 0 Å². The van der Waals surface area contributed by atoms with Crippen molar-refractivity contribution in [1.29, 1.82) is 0 Å². The molecule has 1 saturated carbocycles. The van der Waals surface area contributed by atoms with Crippen molar-refractivity contribution < 1.29 is 14.6 Å². The Labute approximate surface area is 183 Å². The van der Waals surface area contributed by atoms with Crippen LogP contribution in [-0.4, -0.2) is 37.6 Å². The molecule has 3 aromatic heterocycles. The van der Waals surface area contributed by atoms with Gasteiger partial charge in [0.1, 0.15) is 17.8 Å². The lowest BCUT2D eigenvalue weighted by Gasteiger charge is -2.36. The zero-order valence-electron chi connectivity index (χ0n) is 16.5. The molecule has 1 aliphatic rings. The summed E-state index contributed by atoms with van der Waals surface area (Å²) in [5.74, 6) is 0.336. The molecule has 4 aromatic rings. The highest BCUT2D eigenvalue weighted by atomic mass is 35.5. The van der Waals surface area contributed by atoms with E-state index in [1.54, 1.807) is 18.5 Å². The highest BCUT2D eigenvalue weighted by molar-refractivity contribution is 6.31. The van der Waals surface area contributed by atoms with E-state index >= 15 is 0 Å². The van der Waals surface area contributed by atoms with E-state index in [1.165, 1.54) is 0 Å². The van der Waals surface area contributed by atoms with Gasteiger partial charge in [-0.3, -0.25) is 9.78 Å². The van der Waals surface area contributed by atoms with Crippen molar-refractivity contribution in [2.24, 2.45) is 5.41 Å². The van der Waals surface area contributed by atoms with Gasteiger partial charge in [-0.2, -0.15) is 0 Å².